The van der Waals surface area contributed by atoms with Crippen molar-refractivity contribution in [3.05, 3.63) is 34.5 Å². The third-order valence-electron chi connectivity index (χ3n) is 2.77. The topological polar surface area (TPSA) is 68.3 Å². The van der Waals surface area contributed by atoms with Gasteiger partial charge in [0.15, 0.2) is 5.76 Å². The molecule has 19 heavy (non-hydrogen) atoms. The average molecular weight is 303 g/mol. The molecule has 104 valence electrons. The summed E-state index contributed by atoms with van der Waals surface area (Å²) in [6, 6.07) is 5.30. The molecular formula is C13H16Cl2N2O2. The fraction of sp³-hybridized carbons (Fsp3) is 0.308. The van der Waals surface area contributed by atoms with Crippen molar-refractivity contribution < 1.29 is 9.21 Å². The lowest BCUT2D eigenvalue weighted by molar-refractivity contribution is 0.0927. The quantitative estimate of drug-likeness (QED) is 0.853. The van der Waals surface area contributed by atoms with Gasteiger partial charge >= 0.3 is 0 Å². The van der Waals surface area contributed by atoms with Crippen LogP contribution in [0.2, 0.25) is 5.02 Å². The molecule has 0 aliphatic carbocycles. The monoisotopic (exact) mass is 302 g/mol. The molecule has 0 aliphatic rings. The van der Waals surface area contributed by atoms with Crippen molar-refractivity contribution in [1.29, 1.82) is 0 Å². The van der Waals surface area contributed by atoms with Gasteiger partial charge in [-0.1, -0.05) is 11.6 Å². The first-order chi connectivity index (χ1) is 8.63. The Morgan fingerprint density at radius 2 is 2.21 bits per heavy atom. The standard InChI is InChI=1S/C13H15ClN2O2.ClH/c1-8-10-7-9(14)3-4-11(10)18-12(8)13(17)16-6-2-5-15;/h3-4,7H,2,5-6,15H2,1H3,(H,16,17);1H. The molecule has 6 heteroatoms. The number of aryl methyl sites for hydroxylation is 1. The summed E-state index contributed by atoms with van der Waals surface area (Å²) in [5, 5.41) is 4.26. The highest BCUT2D eigenvalue weighted by molar-refractivity contribution is 6.31. The van der Waals surface area contributed by atoms with Crippen LogP contribution in [-0.4, -0.2) is 19.0 Å². The second-order valence-electron chi connectivity index (χ2n) is 4.09. The van der Waals surface area contributed by atoms with Gasteiger partial charge in [0, 0.05) is 22.5 Å². The third kappa shape index (κ3) is 3.41. The summed E-state index contributed by atoms with van der Waals surface area (Å²) < 4.78 is 5.54. The Bertz CT molecular complexity index is 581. The van der Waals surface area contributed by atoms with Gasteiger partial charge < -0.3 is 15.5 Å². The number of rotatable bonds is 4. The number of fused-ring (bicyclic) bond motifs is 1. The van der Waals surface area contributed by atoms with Gasteiger partial charge in [-0.05, 0) is 38.1 Å². The number of nitrogens with two attached hydrogens (primary N) is 1. The van der Waals surface area contributed by atoms with E-state index < -0.39 is 0 Å². The van der Waals surface area contributed by atoms with Crippen LogP contribution in [0.4, 0.5) is 0 Å². The number of hydrogen-bond acceptors (Lipinski definition) is 3. The normalized spacial score (nSPS) is 10.3. The van der Waals surface area contributed by atoms with Crippen molar-refractivity contribution in [1.82, 2.24) is 5.32 Å². The predicted molar refractivity (Wildman–Crippen MR) is 79.2 cm³/mol. The molecule has 2 aromatic rings. The SMILES string of the molecule is Cc1c(C(=O)NCCCN)oc2ccc(Cl)cc12.Cl. The molecule has 1 aromatic carbocycles. The second kappa shape index (κ2) is 6.80. The number of hydrogen-bond donors (Lipinski definition) is 2. The van der Waals surface area contributed by atoms with Crippen LogP contribution in [0.3, 0.4) is 0 Å². The maximum atomic E-state index is 11.9. The Labute approximate surface area is 122 Å². The average Bonchev–Trinajstić information content (AvgIpc) is 2.67. The lowest BCUT2D eigenvalue weighted by atomic mass is 10.1. The van der Waals surface area contributed by atoms with Crippen LogP contribution >= 0.6 is 24.0 Å². The molecule has 0 saturated heterocycles. The molecule has 0 radical (unpaired) electrons. The molecule has 1 heterocycles. The highest BCUT2D eigenvalue weighted by Crippen LogP contribution is 2.27. The number of halogens is 2. The van der Waals surface area contributed by atoms with Crippen molar-refractivity contribution >= 4 is 40.9 Å². The van der Waals surface area contributed by atoms with Crippen LogP contribution in [-0.2, 0) is 0 Å². The van der Waals surface area contributed by atoms with E-state index in [2.05, 4.69) is 5.32 Å². The molecule has 3 N–H and O–H groups in total. The van der Waals surface area contributed by atoms with Crippen LogP contribution in [0, 0.1) is 6.92 Å². The molecule has 4 nitrogen and oxygen atoms in total. The minimum absolute atomic E-state index is 0. The first-order valence-electron chi connectivity index (χ1n) is 5.80. The zero-order valence-electron chi connectivity index (χ0n) is 10.5. The van der Waals surface area contributed by atoms with Gasteiger partial charge in [-0.15, -0.1) is 12.4 Å². The predicted octanol–water partition coefficient (Wildman–Crippen LogP) is 2.90. The van der Waals surface area contributed by atoms with E-state index in [4.69, 9.17) is 21.8 Å². The zero-order chi connectivity index (χ0) is 13.1. The molecule has 2 rings (SSSR count). The summed E-state index contributed by atoms with van der Waals surface area (Å²) in [7, 11) is 0. The van der Waals surface area contributed by atoms with E-state index in [1.165, 1.54) is 0 Å². The summed E-state index contributed by atoms with van der Waals surface area (Å²) in [4.78, 5) is 11.9. The van der Waals surface area contributed by atoms with E-state index in [1.807, 2.05) is 6.92 Å². The molecule has 0 atom stereocenters. The lowest BCUT2D eigenvalue weighted by Crippen LogP contribution is -2.26. The van der Waals surface area contributed by atoms with Gasteiger partial charge in [0.2, 0.25) is 0 Å². The highest BCUT2D eigenvalue weighted by atomic mass is 35.5. The van der Waals surface area contributed by atoms with E-state index in [0.717, 1.165) is 17.4 Å². The van der Waals surface area contributed by atoms with Crippen molar-refractivity contribution in [2.75, 3.05) is 13.1 Å². The largest absolute Gasteiger partial charge is 0.451 e. The number of carbonyl (C=O) groups excluding carboxylic acids is 1. The van der Waals surface area contributed by atoms with Crippen molar-refractivity contribution in [2.45, 2.75) is 13.3 Å². The van der Waals surface area contributed by atoms with E-state index in [9.17, 15) is 4.79 Å². The minimum atomic E-state index is -0.215. The first kappa shape index (κ1) is 15.8. The van der Waals surface area contributed by atoms with Gasteiger partial charge in [-0.2, -0.15) is 0 Å². The molecule has 0 aliphatic heterocycles. The van der Waals surface area contributed by atoms with Crippen LogP contribution in [0.1, 0.15) is 22.5 Å². The van der Waals surface area contributed by atoms with E-state index >= 15 is 0 Å². The Balaban J connectivity index is 0.00000180. The van der Waals surface area contributed by atoms with Gasteiger partial charge in [-0.25, -0.2) is 0 Å². The van der Waals surface area contributed by atoms with Gasteiger partial charge in [0.25, 0.3) is 5.91 Å². The molecule has 0 bridgehead atoms. The Morgan fingerprint density at radius 1 is 1.47 bits per heavy atom. The number of nitrogens with one attached hydrogen (secondary N) is 1. The molecular weight excluding hydrogens is 287 g/mol. The fourth-order valence-corrected chi connectivity index (χ4v) is 1.97. The smallest absolute Gasteiger partial charge is 0.287 e. The molecule has 1 amide bonds. The Morgan fingerprint density at radius 3 is 2.89 bits per heavy atom. The summed E-state index contributed by atoms with van der Waals surface area (Å²) in [6.45, 7) is 2.95. The highest BCUT2D eigenvalue weighted by Gasteiger charge is 2.17. The maximum absolute atomic E-state index is 11.9. The maximum Gasteiger partial charge on any atom is 0.287 e. The van der Waals surface area contributed by atoms with Gasteiger partial charge in [0.1, 0.15) is 5.58 Å². The number of benzene rings is 1. The molecule has 0 unspecified atom stereocenters. The van der Waals surface area contributed by atoms with E-state index in [1.54, 1.807) is 18.2 Å². The van der Waals surface area contributed by atoms with Crippen molar-refractivity contribution in [3.63, 3.8) is 0 Å². The van der Waals surface area contributed by atoms with E-state index in [0.29, 0.717) is 29.5 Å². The number of amides is 1. The fourth-order valence-electron chi connectivity index (χ4n) is 1.79. The number of furan rings is 1. The van der Waals surface area contributed by atoms with Gasteiger partial charge in [-0.3, -0.25) is 4.79 Å². The summed E-state index contributed by atoms with van der Waals surface area (Å²) >= 11 is 5.93. The summed E-state index contributed by atoms with van der Waals surface area (Å²) in [5.41, 5.74) is 6.84. The molecule has 0 spiro atoms. The summed E-state index contributed by atoms with van der Waals surface area (Å²) in [6.07, 6.45) is 0.747. The van der Waals surface area contributed by atoms with Gasteiger partial charge in [0.05, 0.1) is 0 Å². The Kier molecular flexibility index (Phi) is 5.66. The van der Waals surface area contributed by atoms with Crippen molar-refractivity contribution in [3.8, 4) is 0 Å². The van der Waals surface area contributed by atoms with Crippen molar-refractivity contribution in [2.24, 2.45) is 5.73 Å². The summed E-state index contributed by atoms with van der Waals surface area (Å²) in [5.74, 6) is 0.123. The van der Waals surface area contributed by atoms with Crippen LogP contribution < -0.4 is 11.1 Å². The Hall–Kier alpha value is -1.23. The van der Waals surface area contributed by atoms with Crippen LogP contribution in [0.25, 0.3) is 11.0 Å². The minimum Gasteiger partial charge on any atom is -0.451 e. The molecule has 1 aromatic heterocycles. The third-order valence-corrected chi connectivity index (χ3v) is 3.01. The number of carbonyl (C=O) groups is 1. The lowest BCUT2D eigenvalue weighted by Gasteiger charge is -2.01. The van der Waals surface area contributed by atoms with Crippen LogP contribution in [0.15, 0.2) is 22.6 Å². The van der Waals surface area contributed by atoms with E-state index in [-0.39, 0.29) is 18.3 Å². The van der Waals surface area contributed by atoms with Crippen LogP contribution in [0.5, 0.6) is 0 Å². The first-order valence-corrected chi connectivity index (χ1v) is 6.18. The molecule has 0 fully saturated rings. The second-order valence-corrected chi connectivity index (χ2v) is 4.53. The molecule has 0 saturated carbocycles. The zero-order valence-corrected chi connectivity index (χ0v) is 12.1.